The Balaban J connectivity index is 2.61. The number of ether oxygens (including phenoxy) is 5. The van der Waals surface area contributed by atoms with Gasteiger partial charge in [0.2, 0.25) is 0 Å². The highest BCUT2D eigenvalue weighted by Crippen LogP contribution is 2.41. The predicted octanol–water partition coefficient (Wildman–Crippen LogP) is 3.99. The molecule has 0 N–H and O–H groups in total. The van der Waals surface area contributed by atoms with E-state index in [4.69, 9.17) is 23.7 Å². The van der Waals surface area contributed by atoms with E-state index in [1.165, 1.54) is 6.08 Å². The van der Waals surface area contributed by atoms with E-state index < -0.39 is 0 Å². The van der Waals surface area contributed by atoms with Crippen molar-refractivity contribution in [1.82, 2.24) is 0 Å². The van der Waals surface area contributed by atoms with Crippen LogP contribution in [0.4, 0.5) is 0 Å². The molecule has 2 aromatic carbocycles. The number of carbonyl (C=O) groups is 1. The van der Waals surface area contributed by atoms with Gasteiger partial charge in [-0.15, -0.1) is 0 Å². The molecule has 0 aromatic heterocycles. The molecule has 0 aliphatic carbocycles. The summed E-state index contributed by atoms with van der Waals surface area (Å²) in [6, 6.07) is 7.91. The molecule has 2 rings (SSSR count). The number of benzene rings is 2. The summed E-state index contributed by atoms with van der Waals surface area (Å²) in [4.78, 5) is 11.8. The molecule has 2 aromatic rings. The number of esters is 1. The summed E-state index contributed by atoms with van der Waals surface area (Å²) >= 11 is 0. The van der Waals surface area contributed by atoms with Crippen LogP contribution in [0.2, 0.25) is 0 Å². The van der Waals surface area contributed by atoms with Crippen molar-refractivity contribution in [3.05, 3.63) is 41.5 Å². The summed E-state index contributed by atoms with van der Waals surface area (Å²) in [6.45, 7) is 2.89. The molecular weight excluding hydrogens is 360 g/mol. The number of methoxy groups -OCH3 is 3. The van der Waals surface area contributed by atoms with Crippen LogP contribution in [0.1, 0.15) is 24.5 Å². The zero-order chi connectivity index (χ0) is 20.4. The highest BCUT2D eigenvalue weighted by atomic mass is 16.7. The van der Waals surface area contributed by atoms with Gasteiger partial charge in [-0.05, 0) is 48.4 Å². The second-order valence-corrected chi connectivity index (χ2v) is 6.07. The lowest BCUT2D eigenvalue weighted by atomic mass is 9.95. The summed E-state index contributed by atoms with van der Waals surface area (Å²) < 4.78 is 26.7. The zero-order valence-electron chi connectivity index (χ0n) is 16.9. The first kappa shape index (κ1) is 21.7. The van der Waals surface area contributed by atoms with Gasteiger partial charge in [-0.1, -0.05) is 18.2 Å². The predicted molar refractivity (Wildman–Crippen MR) is 109 cm³/mol. The quantitative estimate of drug-likeness (QED) is 0.251. The fourth-order valence-electron chi connectivity index (χ4n) is 3.03. The molecule has 0 heterocycles. The van der Waals surface area contributed by atoms with E-state index in [0.29, 0.717) is 24.7 Å². The van der Waals surface area contributed by atoms with Gasteiger partial charge in [-0.2, -0.15) is 0 Å². The lowest BCUT2D eigenvalue weighted by Crippen LogP contribution is -2.04. The van der Waals surface area contributed by atoms with Gasteiger partial charge < -0.3 is 23.7 Å². The van der Waals surface area contributed by atoms with Crippen molar-refractivity contribution < 1.29 is 28.5 Å². The maximum atomic E-state index is 11.8. The highest BCUT2D eigenvalue weighted by Gasteiger charge is 2.16. The average Bonchev–Trinajstić information content (AvgIpc) is 2.71. The number of rotatable bonds is 11. The highest BCUT2D eigenvalue weighted by molar-refractivity contribution is 6.01. The Kier molecular flexibility index (Phi) is 8.78. The normalized spacial score (nSPS) is 11.1. The monoisotopic (exact) mass is 388 g/mol. The van der Waals surface area contributed by atoms with Gasteiger partial charge in [0.1, 0.15) is 0 Å². The molecule has 0 aliphatic rings. The molecule has 0 bridgehead atoms. The molecule has 0 aliphatic heterocycles. The SMILES string of the molecule is CCOC(=O)/C=C\c1cc(OC)c(OCOC)c2c(CCCOC)cccc12. The summed E-state index contributed by atoms with van der Waals surface area (Å²) in [5.41, 5.74) is 1.96. The fourth-order valence-corrected chi connectivity index (χ4v) is 3.03. The molecule has 6 heteroatoms. The Labute approximate surface area is 166 Å². The third kappa shape index (κ3) is 5.47. The minimum atomic E-state index is -0.384. The Bertz CT molecular complexity index is 812. The summed E-state index contributed by atoms with van der Waals surface area (Å²) in [5, 5.41) is 1.90. The van der Waals surface area contributed by atoms with Crippen molar-refractivity contribution in [1.29, 1.82) is 0 Å². The van der Waals surface area contributed by atoms with Crippen LogP contribution in [-0.4, -0.2) is 47.3 Å². The third-order valence-corrected chi connectivity index (χ3v) is 4.22. The molecule has 0 amide bonds. The van der Waals surface area contributed by atoms with Gasteiger partial charge in [0.25, 0.3) is 0 Å². The number of carbonyl (C=O) groups excluding carboxylic acids is 1. The Hall–Kier alpha value is -2.57. The first-order chi connectivity index (χ1) is 13.7. The third-order valence-electron chi connectivity index (χ3n) is 4.22. The summed E-state index contributed by atoms with van der Waals surface area (Å²) in [7, 11) is 4.86. The first-order valence-corrected chi connectivity index (χ1v) is 9.24. The number of hydrogen-bond acceptors (Lipinski definition) is 6. The Morgan fingerprint density at radius 1 is 1.14 bits per heavy atom. The molecule has 6 nitrogen and oxygen atoms in total. The van der Waals surface area contributed by atoms with Gasteiger partial charge in [0.05, 0.1) is 13.7 Å². The molecular formula is C22H28O6. The molecule has 0 saturated heterocycles. The fraction of sp³-hybridized carbons (Fsp3) is 0.409. The lowest BCUT2D eigenvalue weighted by molar-refractivity contribution is -0.137. The topological polar surface area (TPSA) is 63.2 Å². The van der Waals surface area contributed by atoms with Crippen molar-refractivity contribution in [3.63, 3.8) is 0 Å². The van der Waals surface area contributed by atoms with Crippen LogP contribution in [-0.2, 0) is 25.4 Å². The van der Waals surface area contributed by atoms with Crippen LogP contribution < -0.4 is 9.47 Å². The van der Waals surface area contributed by atoms with Crippen molar-refractivity contribution in [2.75, 3.05) is 41.3 Å². The van der Waals surface area contributed by atoms with E-state index in [1.807, 2.05) is 18.2 Å². The standard InChI is InChI=1S/C22H28O6/c1-5-27-20(23)12-11-17-14-19(26-4)22(28-15-25-3)21-16(9-7-13-24-2)8-6-10-18(17)21/h6,8,10-12,14H,5,7,9,13,15H2,1-4H3/b12-11-. The van der Waals surface area contributed by atoms with Crippen LogP contribution in [0, 0.1) is 0 Å². The number of hydrogen-bond donors (Lipinski definition) is 0. The minimum Gasteiger partial charge on any atom is -0.493 e. The van der Waals surface area contributed by atoms with E-state index >= 15 is 0 Å². The van der Waals surface area contributed by atoms with Crippen LogP contribution in [0.3, 0.4) is 0 Å². The maximum Gasteiger partial charge on any atom is 0.330 e. The summed E-state index contributed by atoms with van der Waals surface area (Å²) in [5.74, 6) is 0.818. The van der Waals surface area contributed by atoms with Crippen molar-refractivity contribution in [2.24, 2.45) is 0 Å². The van der Waals surface area contributed by atoms with Crippen LogP contribution in [0.15, 0.2) is 30.3 Å². The second kappa shape index (κ2) is 11.3. The molecule has 28 heavy (non-hydrogen) atoms. The molecule has 0 fully saturated rings. The van der Waals surface area contributed by atoms with Crippen LogP contribution >= 0.6 is 0 Å². The lowest BCUT2D eigenvalue weighted by Gasteiger charge is -2.17. The van der Waals surface area contributed by atoms with Gasteiger partial charge in [-0.3, -0.25) is 0 Å². The van der Waals surface area contributed by atoms with E-state index in [-0.39, 0.29) is 12.8 Å². The Morgan fingerprint density at radius 2 is 1.96 bits per heavy atom. The molecule has 152 valence electrons. The smallest absolute Gasteiger partial charge is 0.330 e. The average molecular weight is 388 g/mol. The zero-order valence-corrected chi connectivity index (χ0v) is 16.9. The molecule has 0 unspecified atom stereocenters. The molecule has 0 spiro atoms. The van der Waals surface area contributed by atoms with Crippen molar-refractivity contribution >= 4 is 22.8 Å². The van der Waals surface area contributed by atoms with E-state index in [1.54, 1.807) is 34.3 Å². The van der Waals surface area contributed by atoms with Crippen molar-refractivity contribution in [3.8, 4) is 11.5 Å². The maximum absolute atomic E-state index is 11.8. The van der Waals surface area contributed by atoms with Crippen molar-refractivity contribution in [2.45, 2.75) is 19.8 Å². The largest absolute Gasteiger partial charge is 0.493 e. The number of aryl methyl sites for hydroxylation is 1. The molecule has 0 saturated carbocycles. The number of fused-ring (bicyclic) bond motifs is 1. The van der Waals surface area contributed by atoms with Crippen LogP contribution in [0.5, 0.6) is 11.5 Å². The van der Waals surface area contributed by atoms with Gasteiger partial charge in [-0.25, -0.2) is 4.79 Å². The van der Waals surface area contributed by atoms with Gasteiger partial charge >= 0.3 is 5.97 Å². The van der Waals surface area contributed by atoms with E-state index in [0.717, 1.165) is 34.7 Å². The van der Waals surface area contributed by atoms with E-state index in [9.17, 15) is 4.79 Å². The second-order valence-electron chi connectivity index (χ2n) is 6.07. The van der Waals surface area contributed by atoms with Gasteiger partial charge in [0, 0.05) is 32.3 Å². The minimum absolute atomic E-state index is 0.107. The first-order valence-electron chi connectivity index (χ1n) is 9.24. The molecule has 0 atom stereocenters. The summed E-state index contributed by atoms with van der Waals surface area (Å²) in [6.07, 6.45) is 4.86. The van der Waals surface area contributed by atoms with Gasteiger partial charge in [0.15, 0.2) is 18.3 Å². The molecule has 0 radical (unpaired) electrons. The Morgan fingerprint density at radius 3 is 2.64 bits per heavy atom. The van der Waals surface area contributed by atoms with E-state index in [2.05, 4.69) is 6.07 Å². The van der Waals surface area contributed by atoms with Crippen LogP contribution in [0.25, 0.3) is 16.8 Å².